The average molecular weight is 298 g/mol. The Hall–Kier alpha value is -0.540. The molecule has 0 aromatic heterocycles. The monoisotopic (exact) mass is 297 g/mol. The predicted octanol–water partition coefficient (Wildman–Crippen LogP) is 3.31. The molecule has 3 heteroatoms. The standard InChI is InChI=1S/C14H20BrNO/c15-13-6-4-9-16(12-13)10-5-11-17-14-7-2-1-3-8-14/h1-3,7-8,13H,4-6,9-12H2. The maximum atomic E-state index is 5.69. The van der Waals surface area contributed by atoms with Crippen LogP contribution in [0.5, 0.6) is 5.75 Å². The first kappa shape index (κ1) is 12.9. The van der Waals surface area contributed by atoms with Gasteiger partial charge in [0, 0.05) is 17.9 Å². The van der Waals surface area contributed by atoms with Crippen LogP contribution in [0.4, 0.5) is 0 Å². The molecule has 0 amide bonds. The van der Waals surface area contributed by atoms with Gasteiger partial charge in [-0.15, -0.1) is 0 Å². The van der Waals surface area contributed by atoms with Crippen LogP contribution in [0.3, 0.4) is 0 Å². The summed E-state index contributed by atoms with van der Waals surface area (Å²) in [5.41, 5.74) is 0. The van der Waals surface area contributed by atoms with Crippen LogP contribution in [0, 0.1) is 0 Å². The molecule has 1 saturated heterocycles. The summed E-state index contributed by atoms with van der Waals surface area (Å²) < 4.78 is 5.69. The first-order valence-corrected chi connectivity index (χ1v) is 7.30. The van der Waals surface area contributed by atoms with Gasteiger partial charge in [0.25, 0.3) is 0 Å². The molecule has 2 rings (SSSR count). The fraction of sp³-hybridized carbons (Fsp3) is 0.571. The number of hydrogen-bond donors (Lipinski definition) is 0. The second-order valence-electron chi connectivity index (χ2n) is 4.56. The number of ether oxygens (including phenoxy) is 1. The minimum absolute atomic E-state index is 0.686. The second kappa shape index (κ2) is 7.02. The number of benzene rings is 1. The molecule has 1 unspecified atom stereocenters. The highest BCUT2D eigenvalue weighted by atomic mass is 79.9. The van der Waals surface area contributed by atoms with Crippen molar-refractivity contribution in [3.05, 3.63) is 30.3 Å². The zero-order valence-electron chi connectivity index (χ0n) is 10.1. The molecule has 0 N–H and O–H groups in total. The summed E-state index contributed by atoms with van der Waals surface area (Å²) in [6.07, 6.45) is 3.74. The summed E-state index contributed by atoms with van der Waals surface area (Å²) >= 11 is 3.70. The molecule has 1 atom stereocenters. The normalized spacial score (nSPS) is 21.4. The van der Waals surface area contributed by atoms with E-state index in [9.17, 15) is 0 Å². The van der Waals surface area contributed by atoms with Crippen LogP contribution in [0.25, 0.3) is 0 Å². The largest absolute Gasteiger partial charge is 0.494 e. The van der Waals surface area contributed by atoms with Gasteiger partial charge in [-0.3, -0.25) is 0 Å². The Kier molecular flexibility index (Phi) is 5.33. The molecule has 1 aromatic rings. The van der Waals surface area contributed by atoms with Crippen LogP contribution in [0.15, 0.2) is 30.3 Å². The minimum atomic E-state index is 0.686. The van der Waals surface area contributed by atoms with Gasteiger partial charge >= 0.3 is 0 Å². The van der Waals surface area contributed by atoms with Crippen molar-refractivity contribution in [2.75, 3.05) is 26.2 Å². The molecular weight excluding hydrogens is 278 g/mol. The molecule has 0 bridgehead atoms. The maximum Gasteiger partial charge on any atom is 0.119 e. The fourth-order valence-electron chi connectivity index (χ4n) is 2.20. The van der Waals surface area contributed by atoms with E-state index < -0.39 is 0 Å². The van der Waals surface area contributed by atoms with E-state index in [0.717, 1.165) is 25.3 Å². The molecule has 17 heavy (non-hydrogen) atoms. The zero-order chi connectivity index (χ0) is 11.9. The van der Waals surface area contributed by atoms with Crippen LogP contribution in [0.2, 0.25) is 0 Å². The van der Waals surface area contributed by atoms with Crippen LogP contribution in [0.1, 0.15) is 19.3 Å². The predicted molar refractivity (Wildman–Crippen MR) is 74.9 cm³/mol. The molecule has 0 aliphatic carbocycles. The van der Waals surface area contributed by atoms with Crippen LogP contribution in [-0.2, 0) is 0 Å². The maximum absolute atomic E-state index is 5.69. The first-order chi connectivity index (χ1) is 8.34. The molecule has 1 fully saturated rings. The highest BCUT2D eigenvalue weighted by Crippen LogP contribution is 2.16. The van der Waals surface area contributed by atoms with E-state index >= 15 is 0 Å². The first-order valence-electron chi connectivity index (χ1n) is 6.39. The number of likely N-dealkylation sites (tertiary alicyclic amines) is 1. The average Bonchev–Trinajstić information content (AvgIpc) is 2.36. The Morgan fingerprint density at radius 3 is 2.88 bits per heavy atom. The van der Waals surface area contributed by atoms with E-state index in [2.05, 4.69) is 20.8 Å². The SMILES string of the molecule is BrC1CCCN(CCCOc2ccccc2)C1. The Morgan fingerprint density at radius 2 is 2.12 bits per heavy atom. The molecule has 1 aliphatic rings. The van der Waals surface area contributed by atoms with Crippen molar-refractivity contribution in [3.8, 4) is 5.75 Å². The summed E-state index contributed by atoms with van der Waals surface area (Å²) in [4.78, 5) is 3.21. The smallest absolute Gasteiger partial charge is 0.119 e. The lowest BCUT2D eigenvalue weighted by molar-refractivity contribution is 0.210. The van der Waals surface area contributed by atoms with E-state index in [1.54, 1.807) is 0 Å². The van der Waals surface area contributed by atoms with Crippen LogP contribution >= 0.6 is 15.9 Å². The quantitative estimate of drug-likeness (QED) is 0.611. The molecule has 0 radical (unpaired) electrons. The van der Waals surface area contributed by atoms with E-state index in [4.69, 9.17) is 4.74 Å². The van der Waals surface area contributed by atoms with Crippen molar-refractivity contribution in [1.82, 2.24) is 4.90 Å². The summed E-state index contributed by atoms with van der Waals surface area (Å²) in [6, 6.07) is 10.0. The van der Waals surface area contributed by atoms with Gasteiger partial charge in [-0.2, -0.15) is 0 Å². The van der Waals surface area contributed by atoms with Crippen molar-refractivity contribution >= 4 is 15.9 Å². The van der Waals surface area contributed by atoms with Crippen LogP contribution in [-0.4, -0.2) is 36.0 Å². The number of para-hydroxylation sites is 1. The number of piperidine rings is 1. The number of nitrogens with zero attached hydrogens (tertiary/aromatic N) is 1. The molecule has 1 aliphatic heterocycles. The third kappa shape index (κ3) is 4.68. The molecule has 1 heterocycles. The van der Waals surface area contributed by atoms with Crippen LogP contribution < -0.4 is 4.74 Å². The summed E-state index contributed by atoms with van der Waals surface area (Å²) in [6.45, 7) is 4.39. The number of halogens is 1. The number of alkyl halides is 1. The van der Waals surface area contributed by atoms with Gasteiger partial charge in [0.1, 0.15) is 5.75 Å². The van der Waals surface area contributed by atoms with Gasteiger partial charge < -0.3 is 9.64 Å². The van der Waals surface area contributed by atoms with Gasteiger partial charge in [0.15, 0.2) is 0 Å². The minimum Gasteiger partial charge on any atom is -0.494 e. The van der Waals surface area contributed by atoms with Gasteiger partial charge in [0.05, 0.1) is 6.61 Å². The van der Waals surface area contributed by atoms with E-state index in [1.807, 2.05) is 30.3 Å². The molecular formula is C14H20BrNO. The highest BCUT2D eigenvalue weighted by molar-refractivity contribution is 9.09. The lowest BCUT2D eigenvalue weighted by Crippen LogP contribution is -2.36. The van der Waals surface area contributed by atoms with Gasteiger partial charge in [-0.1, -0.05) is 34.1 Å². The number of hydrogen-bond acceptors (Lipinski definition) is 2. The summed E-state index contributed by atoms with van der Waals surface area (Å²) in [5, 5.41) is 0. The van der Waals surface area contributed by atoms with E-state index in [1.165, 1.54) is 25.9 Å². The Morgan fingerprint density at radius 1 is 1.29 bits per heavy atom. The van der Waals surface area contributed by atoms with Crippen molar-refractivity contribution in [2.45, 2.75) is 24.1 Å². The Balaban J connectivity index is 1.60. The lowest BCUT2D eigenvalue weighted by Gasteiger charge is -2.29. The molecule has 0 saturated carbocycles. The second-order valence-corrected chi connectivity index (χ2v) is 5.85. The topological polar surface area (TPSA) is 12.5 Å². The van der Waals surface area contributed by atoms with E-state index in [-0.39, 0.29) is 0 Å². The summed E-state index contributed by atoms with van der Waals surface area (Å²) in [5.74, 6) is 0.976. The van der Waals surface area contributed by atoms with E-state index in [0.29, 0.717) is 4.83 Å². The van der Waals surface area contributed by atoms with Gasteiger partial charge in [0.2, 0.25) is 0 Å². The zero-order valence-corrected chi connectivity index (χ0v) is 11.7. The van der Waals surface area contributed by atoms with Crippen molar-refractivity contribution in [2.24, 2.45) is 0 Å². The summed E-state index contributed by atoms with van der Waals surface area (Å²) in [7, 11) is 0. The van der Waals surface area contributed by atoms with Gasteiger partial charge in [-0.25, -0.2) is 0 Å². The molecule has 1 aromatic carbocycles. The third-order valence-corrected chi connectivity index (χ3v) is 3.83. The molecule has 2 nitrogen and oxygen atoms in total. The van der Waals surface area contributed by atoms with Gasteiger partial charge in [-0.05, 0) is 37.9 Å². The fourth-order valence-corrected chi connectivity index (χ4v) is 2.93. The highest BCUT2D eigenvalue weighted by Gasteiger charge is 2.16. The van der Waals surface area contributed by atoms with Crippen molar-refractivity contribution in [1.29, 1.82) is 0 Å². The van der Waals surface area contributed by atoms with Crippen molar-refractivity contribution in [3.63, 3.8) is 0 Å². The number of rotatable bonds is 5. The van der Waals surface area contributed by atoms with Crippen molar-refractivity contribution < 1.29 is 4.74 Å². The Bertz CT molecular complexity index is 317. The Labute approximate surface area is 112 Å². The lowest BCUT2D eigenvalue weighted by atomic mass is 10.1. The molecule has 94 valence electrons. The molecule has 0 spiro atoms. The third-order valence-electron chi connectivity index (χ3n) is 3.08.